The summed E-state index contributed by atoms with van der Waals surface area (Å²) >= 11 is 0. The molecule has 0 fully saturated rings. The maximum Gasteiger partial charge on any atom is 0.321 e. The molecule has 0 amide bonds. The van der Waals surface area contributed by atoms with Crippen LogP contribution in [0, 0.1) is 0 Å². The first kappa shape index (κ1) is 17.0. The molecule has 4 nitrogen and oxygen atoms in total. The Morgan fingerprint density at radius 3 is 2.09 bits per heavy atom. The number of carbonyl (C=O) groups is 1. The Balaban J connectivity index is 2.05. The van der Waals surface area contributed by atoms with Gasteiger partial charge in [0, 0.05) is 0 Å². The van der Waals surface area contributed by atoms with Crippen LogP contribution in [0.2, 0.25) is 0 Å². The van der Waals surface area contributed by atoms with E-state index in [9.17, 15) is 9.90 Å². The first-order valence-electron chi connectivity index (χ1n) is 7.92. The van der Waals surface area contributed by atoms with Gasteiger partial charge in [0.15, 0.2) is 0 Å². The number of para-hydroxylation sites is 1. The second kappa shape index (κ2) is 8.34. The van der Waals surface area contributed by atoms with Crippen molar-refractivity contribution in [3.05, 3.63) is 60.2 Å². The van der Waals surface area contributed by atoms with Crippen LogP contribution in [0.3, 0.4) is 0 Å². The smallest absolute Gasteiger partial charge is 0.321 e. The Morgan fingerprint density at radius 1 is 1.00 bits per heavy atom. The molecule has 2 aromatic carbocycles. The fourth-order valence-corrected chi connectivity index (χ4v) is 2.58. The van der Waals surface area contributed by atoms with Gasteiger partial charge in [0.05, 0.1) is 0 Å². The van der Waals surface area contributed by atoms with E-state index >= 15 is 0 Å². The molecule has 0 saturated carbocycles. The molecule has 122 valence electrons. The molecule has 1 N–H and O–H groups in total. The number of benzene rings is 2. The number of rotatable bonds is 8. The molecular weight excluding hydrogens is 290 g/mol. The van der Waals surface area contributed by atoms with E-state index in [2.05, 4.69) is 0 Å². The van der Waals surface area contributed by atoms with Crippen LogP contribution in [0.1, 0.15) is 19.4 Å². The quantitative estimate of drug-likeness (QED) is 0.805. The lowest BCUT2D eigenvalue weighted by Crippen LogP contribution is -2.42. The Labute approximate surface area is 137 Å². The van der Waals surface area contributed by atoms with E-state index in [0.29, 0.717) is 6.42 Å². The minimum absolute atomic E-state index is 0.489. The van der Waals surface area contributed by atoms with Gasteiger partial charge in [0.25, 0.3) is 0 Å². The molecule has 0 saturated heterocycles. The van der Waals surface area contributed by atoms with Crippen LogP contribution in [0.4, 0.5) is 0 Å². The second-order valence-electron chi connectivity index (χ2n) is 5.34. The zero-order chi connectivity index (χ0) is 16.7. The van der Waals surface area contributed by atoms with Crippen LogP contribution in [0.25, 0.3) is 0 Å². The normalized spacial score (nSPS) is 12.1. The lowest BCUT2D eigenvalue weighted by atomic mass is 10.0. The van der Waals surface area contributed by atoms with E-state index in [0.717, 1.165) is 30.2 Å². The molecule has 4 heteroatoms. The SMILES string of the molecule is CCN(CC)C(Cc1ccc(Oc2ccccc2)cc1)C(=O)O. The highest BCUT2D eigenvalue weighted by molar-refractivity contribution is 5.74. The minimum atomic E-state index is -0.779. The highest BCUT2D eigenvalue weighted by Crippen LogP contribution is 2.22. The number of carboxylic acids is 1. The monoisotopic (exact) mass is 313 g/mol. The zero-order valence-electron chi connectivity index (χ0n) is 13.6. The number of hydrogen-bond acceptors (Lipinski definition) is 3. The fraction of sp³-hybridized carbons (Fsp3) is 0.316. The van der Waals surface area contributed by atoms with Crippen LogP contribution in [-0.4, -0.2) is 35.1 Å². The zero-order valence-corrected chi connectivity index (χ0v) is 13.6. The Hall–Kier alpha value is -2.33. The maximum absolute atomic E-state index is 11.5. The molecule has 0 aromatic heterocycles. The van der Waals surface area contributed by atoms with E-state index in [4.69, 9.17) is 4.74 Å². The van der Waals surface area contributed by atoms with E-state index < -0.39 is 12.0 Å². The van der Waals surface area contributed by atoms with Crippen LogP contribution in [0.15, 0.2) is 54.6 Å². The minimum Gasteiger partial charge on any atom is -0.480 e. The lowest BCUT2D eigenvalue weighted by molar-refractivity contribution is -0.143. The molecule has 0 heterocycles. The molecule has 0 bridgehead atoms. The summed E-state index contributed by atoms with van der Waals surface area (Å²) < 4.78 is 5.75. The summed E-state index contributed by atoms with van der Waals surface area (Å²) in [5, 5.41) is 9.45. The van der Waals surface area contributed by atoms with Crippen molar-refractivity contribution in [3.63, 3.8) is 0 Å². The van der Waals surface area contributed by atoms with Crippen molar-refractivity contribution in [3.8, 4) is 11.5 Å². The van der Waals surface area contributed by atoms with Gasteiger partial charge in [0.2, 0.25) is 0 Å². The topological polar surface area (TPSA) is 49.8 Å². The molecule has 1 unspecified atom stereocenters. The first-order valence-corrected chi connectivity index (χ1v) is 7.92. The molecule has 2 aromatic rings. The van der Waals surface area contributed by atoms with Gasteiger partial charge in [-0.25, -0.2) is 0 Å². The number of ether oxygens (including phenoxy) is 1. The van der Waals surface area contributed by atoms with E-state index in [1.807, 2.05) is 73.3 Å². The predicted octanol–water partition coefficient (Wildman–Crippen LogP) is 3.82. The van der Waals surface area contributed by atoms with Crippen LogP contribution >= 0.6 is 0 Å². The molecule has 23 heavy (non-hydrogen) atoms. The Morgan fingerprint density at radius 2 is 1.57 bits per heavy atom. The summed E-state index contributed by atoms with van der Waals surface area (Å²) in [6.45, 7) is 5.41. The standard InChI is InChI=1S/C19H23NO3/c1-3-20(4-2)18(19(21)22)14-15-10-12-17(13-11-15)23-16-8-6-5-7-9-16/h5-13,18H,3-4,14H2,1-2H3,(H,21,22). The maximum atomic E-state index is 11.5. The fourth-order valence-electron chi connectivity index (χ4n) is 2.58. The number of nitrogens with zero attached hydrogens (tertiary/aromatic N) is 1. The summed E-state index contributed by atoms with van der Waals surface area (Å²) in [5.41, 5.74) is 0.990. The van der Waals surface area contributed by atoms with Crippen molar-refractivity contribution < 1.29 is 14.6 Å². The van der Waals surface area contributed by atoms with E-state index in [-0.39, 0.29) is 0 Å². The van der Waals surface area contributed by atoms with Gasteiger partial charge >= 0.3 is 5.97 Å². The molecule has 0 aliphatic carbocycles. The van der Waals surface area contributed by atoms with Crippen molar-refractivity contribution in [2.24, 2.45) is 0 Å². The first-order chi connectivity index (χ1) is 11.1. The average molecular weight is 313 g/mol. The van der Waals surface area contributed by atoms with Crippen molar-refractivity contribution >= 4 is 5.97 Å². The molecule has 0 aliphatic heterocycles. The average Bonchev–Trinajstić information content (AvgIpc) is 2.57. The van der Waals surface area contributed by atoms with Crippen LogP contribution < -0.4 is 4.74 Å². The van der Waals surface area contributed by atoms with E-state index in [1.54, 1.807) is 0 Å². The molecule has 0 aliphatic rings. The number of hydrogen-bond donors (Lipinski definition) is 1. The Bertz CT molecular complexity index is 606. The molecule has 0 spiro atoms. The summed E-state index contributed by atoms with van der Waals surface area (Å²) in [5.74, 6) is 0.750. The third kappa shape index (κ3) is 4.83. The summed E-state index contributed by atoms with van der Waals surface area (Å²) in [7, 11) is 0. The molecule has 1 atom stereocenters. The summed E-state index contributed by atoms with van der Waals surface area (Å²) in [4.78, 5) is 13.5. The number of carboxylic acid groups (broad SMARTS) is 1. The third-order valence-electron chi connectivity index (χ3n) is 3.87. The van der Waals surface area contributed by atoms with Gasteiger partial charge in [-0.15, -0.1) is 0 Å². The highest BCUT2D eigenvalue weighted by Gasteiger charge is 2.23. The van der Waals surface area contributed by atoms with E-state index in [1.165, 1.54) is 0 Å². The highest BCUT2D eigenvalue weighted by atomic mass is 16.5. The van der Waals surface area contributed by atoms with Gasteiger partial charge in [0.1, 0.15) is 17.5 Å². The van der Waals surface area contributed by atoms with Crippen LogP contribution in [-0.2, 0) is 11.2 Å². The second-order valence-corrected chi connectivity index (χ2v) is 5.34. The lowest BCUT2D eigenvalue weighted by Gasteiger charge is -2.26. The summed E-state index contributed by atoms with van der Waals surface area (Å²) in [6.07, 6.45) is 0.489. The van der Waals surface area contributed by atoms with Gasteiger partial charge in [-0.1, -0.05) is 44.2 Å². The van der Waals surface area contributed by atoms with Gasteiger partial charge in [-0.05, 0) is 49.3 Å². The van der Waals surface area contributed by atoms with Crippen molar-refractivity contribution in [1.29, 1.82) is 0 Å². The van der Waals surface area contributed by atoms with Gasteiger partial charge < -0.3 is 9.84 Å². The van der Waals surface area contributed by atoms with Crippen molar-refractivity contribution in [2.45, 2.75) is 26.3 Å². The van der Waals surface area contributed by atoms with Crippen molar-refractivity contribution in [1.82, 2.24) is 4.90 Å². The number of aliphatic carboxylic acids is 1. The molecule has 2 rings (SSSR count). The predicted molar refractivity (Wildman–Crippen MR) is 91.0 cm³/mol. The van der Waals surface area contributed by atoms with Gasteiger partial charge in [-0.3, -0.25) is 9.69 Å². The van der Waals surface area contributed by atoms with Crippen molar-refractivity contribution in [2.75, 3.05) is 13.1 Å². The van der Waals surface area contributed by atoms with Gasteiger partial charge in [-0.2, -0.15) is 0 Å². The molecule has 0 radical (unpaired) electrons. The third-order valence-corrected chi connectivity index (χ3v) is 3.87. The number of likely N-dealkylation sites (N-methyl/N-ethyl adjacent to an activating group) is 1. The van der Waals surface area contributed by atoms with Crippen LogP contribution in [0.5, 0.6) is 11.5 Å². The largest absolute Gasteiger partial charge is 0.480 e. The Kier molecular flexibility index (Phi) is 6.18. The molecular formula is C19H23NO3. The summed E-state index contributed by atoms with van der Waals surface area (Å²) in [6, 6.07) is 16.7.